The Morgan fingerprint density at radius 2 is 1.75 bits per heavy atom. The number of pyridine rings is 1. The standard InChI is InChI=1S/C25H25FN4O3.C2HF3O2/c26-18-12-16-21-24(22(18)29-11-8-15(27)13-29)33-20-7-3-2-6-19(20)30(21)14-17(23(16)31)25(32)28-9-4-1-5-10-28;3-2(4,5)1(6)7/h2-3,6-7,12,14-15H,1,4-5,8-11,13,27H2;(H,6,7). The van der Waals surface area contributed by atoms with Crippen molar-refractivity contribution in [2.24, 2.45) is 5.73 Å². The van der Waals surface area contributed by atoms with Gasteiger partial charge in [-0.2, -0.15) is 13.2 Å². The van der Waals surface area contributed by atoms with Crippen molar-refractivity contribution in [2.45, 2.75) is 37.9 Å². The van der Waals surface area contributed by atoms with Gasteiger partial charge in [0.15, 0.2) is 17.3 Å². The fourth-order valence-corrected chi connectivity index (χ4v) is 5.26. The van der Waals surface area contributed by atoms with Crippen molar-refractivity contribution >= 4 is 28.5 Å². The number of carbonyl (C=O) groups is 2. The van der Waals surface area contributed by atoms with Crippen LogP contribution in [0.4, 0.5) is 23.2 Å². The Hall–Kier alpha value is -4.13. The van der Waals surface area contributed by atoms with Crippen LogP contribution < -0.4 is 20.8 Å². The number of hydrogen-bond donors (Lipinski definition) is 2. The van der Waals surface area contributed by atoms with Crippen LogP contribution >= 0.6 is 0 Å². The Balaban J connectivity index is 0.000000411. The van der Waals surface area contributed by atoms with Gasteiger partial charge in [-0.05, 0) is 43.9 Å². The summed E-state index contributed by atoms with van der Waals surface area (Å²) in [5.41, 5.74) is 7.17. The van der Waals surface area contributed by atoms with Crippen molar-refractivity contribution in [2.75, 3.05) is 31.1 Å². The molecule has 0 radical (unpaired) electrons. The molecule has 9 nitrogen and oxygen atoms in total. The monoisotopic (exact) mass is 562 g/mol. The van der Waals surface area contributed by atoms with E-state index >= 15 is 4.39 Å². The molecule has 212 valence electrons. The molecule has 3 aliphatic rings. The van der Waals surface area contributed by atoms with E-state index in [1.54, 1.807) is 21.7 Å². The van der Waals surface area contributed by atoms with Gasteiger partial charge in [-0.3, -0.25) is 9.59 Å². The largest absolute Gasteiger partial charge is 0.490 e. The van der Waals surface area contributed by atoms with E-state index in [0.29, 0.717) is 54.6 Å². The van der Waals surface area contributed by atoms with Gasteiger partial charge in [-0.1, -0.05) is 12.1 Å². The molecule has 2 aromatic carbocycles. The quantitative estimate of drug-likeness (QED) is 0.354. The number of aliphatic carboxylic acids is 1. The number of nitrogens with zero attached hydrogens (tertiary/aromatic N) is 3. The lowest BCUT2D eigenvalue weighted by molar-refractivity contribution is -0.192. The second-order valence-electron chi connectivity index (χ2n) is 9.89. The van der Waals surface area contributed by atoms with Gasteiger partial charge in [0, 0.05) is 38.4 Å². The summed E-state index contributed by atoms with van der Waals surface area (Å²) in [5.74, 6) is -2.76. The van der Waals surface area contributed by atoms with Crippen molar-refractivity contribution in [3.8, 4) is 17.2 Å². The van der Waals surface area contributed by atoms with E-state index in [1.165, 1.54) is 6.07 Å². The van der Waals surface area contributed by atoms with Crippen molar-refractivity contribution < 1.29 is 37.0 Å². The lowest BCUT2D eigenvalue weighted by Crippen LogP contribution is -2.38. The Bertz CT molecular complexity index is 1550. The number of hydrogen-bond acceptors (Lipinski definition) is 6. The first-order chi connectivity index (χ1) is 19.0. The van der Waals surface area contributed by atoms with Crippen LogP contribution in [0.15, 0.2) is 41.3 Å². The number of likely N-dealkylation sites (tertiary alicyclic amines) is 1. The Kier molecular flexibility index (Phi) is 7.17. The zero-order chi connectivity index (χ0) is 28.8. The van der Waals surface area contributed by atoms with Gasteiger partial charge in [0.05, 0.1) is 11.1 Å². The number of halogens is 4. The summed E-state index contributed by atoms with van der Waals surface area (Å²) >= 11 is 0. The summed E-state index contributed by atoms with van der Waals surface area (Å²) in [6.45, 7) is 2.38. The van der Waals surface area contributed by atoms with Gasteiger partial charge in [0.25, 0.3) is 5.91 Å². The number of amides is 1. The Morgan fingerprint density at radius 3 is 2.38 bits per heavy atom. The second kappa shape index (κ2) is 10.5. The van der Waals surface area contributed by atoms with Crippen molar-refractivity contribution in [1.29, 1.82) is 0 Å². The number of carbonyl (C=O) groups excluding carboxylic acids is 1. The third-order valence-corrected chi connectivity index (χ3v) is 7.16. The van der Waals surface area contributed by atoms with Crippen LogP contribution in [-0.2, 0) is 4.79 Å². The van der Waals surface area contributed by atoms with Gasteiger partial charge in [-0.25, -0.2) is 9.18 Å². The summed E-state index contributed by atoms with van der Waals surface area (Å²) in [4.78, 5) is 39.3. The molecule has 40 heavy (non-hydrogen) atoms. The maximum Gasteiger partial charge on any atom is 0.490 e. The zero-order valence-electron chi connectivity index (χ0n) is 21.2. The molecular formula is C27H26F4N4O5. The van der Waals surface area contributed by atoms with Crippen LogP contribution in [0, 0.1) is 5.82 Å². The van der Waals surface area contributed by atoms with Crippen molar-refractivity contribution in [1.82, 2.24) is 9.47 Å². The minimum Gasteiger partial charge on any atom is -0.475 e. The van der Waals surface area contributed by atoms with Crippen molar-refractivity contribution in [3.05, 3.63) is 58.1 Å². The molecule has 0 aliphatic carbocycles. The molecule has 0 saturated carbocycles. The highest BCUT2D eigenvalue weighted by molar-refractivity contribution is 6.01. The average molecular weight is 563 g/mol. The van der Waals surface area contributed by atoms with E-state index < -0.39 is 23.4 Å². The number of benzene rings is 2. The Morgan fingerprint density at radius 1 is 1.07 bits per heavy atom. The van der Waals surface area contributed by atoms with Gasteiger partial charge < -0.3 is 29.9 Å². The fraction of sp³-hybridized carbons (Fsp3) is 0.370. The number of carboxylic acid groups (broad SMARTS) is 1. The molecule has 2 fully saturated rings. The van der Waals surface area contributed by atoms with Gasteiger partial charge in [-0.15, -0.1) is 0 Å². The predicted octanol–water partition coefficient (Wildman–Crippen LogP) is 4.03. The lowest BCUT2D eigenvalue weighted by Gasteiger charge is -2.30. The number of fused-ring (bicyclic) bond motifs is 2. The van der Waals surface area contributed by atoms with Crippen LogP contribution in [0.25, 0.3) is 16.6 Å². The predicted molar refractivity (Wildman–Crippen MR) is 138 cm³/mol. The first-order valence-corrected chi connectivity index (χ1v) is 12.8. The number of piperidine rings is 1. The van der Waals surface area contributed by atoms with Gasteiger partial charge in [0.2, 0.25) is 5.43 Å². The van der Waals surface area contributed by atoms with E-state index in [9.17, 15) is 22.8 Å². The minimum atomic E-state index is -5.08. The number of rotatable bonds is 2. The second-order valence-corrected chi connectivity index (χ2v) is 9.89. The Labute approximate surface area is 225 Å². The number of anilines is 1. The molecule has 1 unspecified atom stereocenters. The van der Waals surface area contributed by atoms with Crippen LogP contribution in [-0.4, -0.2) is 64.8 Å². The molecule has 1 aromatic heterocycles. The molecule has 0 bridgehead atoms. The third-order valence-electron chi connectivity index (χ3n) is 7.16. The highest BCUT2D eigenvalue weighted by Crippen LogP contribution is 2.47. The number of para-hydroxylation sites is 2. The van der Waals surface area contributed by atoms with E-state index in [0.717, 1.165) is 25.7 Å². The maximum atomic E-state index is 15.5. The molecule has 1 amide bonds. The highest BCUT2D eigenvalue weighted by atomic mass is 19.4. The molecule has 3 N–H and O–H groups in total. The SMILES string of the molecule is NC1CCN(c2c(F)cc3c(=O)c(C(=O)N4CCCCC4)cn4c3c2Oc2ccccc2-4)C1.O=C(O)C(F)(F)F. The van der Waals surface area contributed by atoms with E-state index in [4.69, 9.17) is 20.4 Å². The van der Waals surface area contributed by atoms with E-state index in [1.807, 2.05) is 23.1 Å². The van der Waals surface area contributed by atoms with Gasteiger partial charge in [0.1, 0.15) is 16.8 Å². The topological polar surface area (TPSA) is 118 Å². The molecule has 4 heterocycles. The zero-order valence-corrected chi connectivity index (χ0v) is 21.2. The van der Waals surface area contributed by atoms with E-state index in [2.05, 4.69) is 0 Å². The van der Waals surface area contributed by atoms with E-state index in [-0.39, 0.29) is 22.9 Å². The molecule has 0 spiro atoms. The van der Waals surface area contributed by atoms with Gasteiger partial charge >= 0.3 is 12.1 Å². The number of ether oxygens (including phenoxy) is 1. The number of carboxylic acids is 1. The summed E-state index contributed by atoms with van der Waals surface area (Å²) in [7, 11) is 0. The van der Waals surface area contributed by atoms with Crippen LogP contribution in [0.5, 0.6) is 11.5 Å². The summed E-state index contributed by atoms with van der Waals surface area (Å²) in [6.07, 6.45) is 0.190. The highest BCUT2D eigenvalue weighted by Gasteiger charge is 2.38. The van der Waals surface area contributed by atoms with Crippen molar-refractivity contribution in [3.63, 3.8) is 0 Å². The molecular weight excluding hydrogens is 536 g/mol. The number of alkyl halides is 3. The lowest BCUT2D eigenvalue weighted by atomic mass is 10.0. The van der Waals surface area contributed by atoms with Crippen LogP contribution in [0.2, 0.25) is 0 Å². The number of nitrogens with two attached hydrogens (primary N) is 1. The molecule has 3 aromatic rings. The maximum absolute atomic E-state index is 15.5. The van der Waals surface area contributed by atoms with Crippen LogP contribution in [0.1, 0.15) is 36.0 Å². The molecule has 6 rings (SSSR count). The normalized spacial score (nSPS) is 18.1. The molecule has 2 saturated heterocycles. The minimum absolute atomic E-state index is 0.0464. The first kappa shape index (κ1) is 27.4. The molecule has 1 atom stereocenters. The fourth-order valence-electron chi connectivity index (χ4n) is 5.26. The molecule has 13 heteroatoms. The smallest absolute Gasteiger partial charge is 0.475 e. The van der Waals surface area contributed by atoms with Crippen LogP contribution in [0.3, 0.4) is 0 Å². The summed E-state index contributed by atoms with van der Waals surface area (Å²) < 4.78 is 55.3. The molecule has 3 aliphatic heterocycles. The summed E-state index contributed by atoms with van der Waals surface area (Å²) in [5, 5.41) is 7.27. The average Bonchev–Trinajstić information content (AvgIpc) is 3.35. The third kappa shape index (κ3) is 4.96. The number of aromatic nitrogens is 1. The first-order valence-electron chi connectivity index (χ1n) is 12.8. The summed E-state index contributed by atoms with van der Waals surface area (Å²) in [6, 6.07) is 8.59.